The van der Waals surface area contributed by atoms with Crippen LogP contribution in [0.2, 0.25) is 0 Å². The Hall–Kier alpha value is -1.37. The van der Waals surface area contributed by atoms with E-state index in [2.05, 4.69) is 10.2 Å². The molecule has 0 bridgehead atoms. The highest BCUT2D eigenvalue weighted by Crippen LogP contribution is 2.32. The van der Waals surface area contributed by atoms with Crippen LogP contribution in [0.25, 0.3) is 0 Å². The molecule has 8 heteroatoms. The van der Waals surface area contributed by atoms with Gasteiger partial charge in [-0.25, -0.2) is 0 Å². The molecule has 1 amide bonds. The van der Waals surface area contributed by atoms with Gasteiger partial charge in [0.1, 0.15) is 11.5 Å². The summed E-state index contributed by atoms with van der Waals surface area (Å²) < 4.78 is 10.7. The first-order valence-corrected chi connectivity index (χ1v) is 9.09. The third-order valence-corrected chi connectivity index (χ3v) is 5.49. The first kappa shape index (κ1) is 23.7. The van der Waals surface area contributed by atoms with Crippen molar-refractivity contribution in [2.24, 2.45) is 11.7 Å². The number of halogens is 2. The largest absolute Gasteiger partial charge is 0.497 e. The molecule has 2 fully saturated rings. The summed E-state index contributed by atoms with van der Waals surface area (Å²) in [7, 11) is 3.32. The Bertz CT molecular complexity index is 602. The smallest absolute Gasteiger partial charge is 0.240 e. The molecule has 154 valence electrons. The number of rotatable bonds is 6. The molecule has 1 heterocycles. The van der Waals surface area contributed by atoms with E-state index in [1.807, 2.05) is 18.2 Å². The Morgan fingerprint density at radius 1 is 1.19 bits per heavy atom. The van der Waals surface area contributed by atoms with Crippen LogP contribution >= 0.6 is 24.8 Å². The molecule has 1 unspecified atom stereocenters. The van der Waals surface area contributed by atoms with Crippen LogP contribution in [0.3, 0.4) is 0 Å². The zero-order valence-corrected chi connectivity index (χ0v) is 17.7. The van der Waals surface area contributed by atoms with Crippen molar-refractivity contribution in [2.45, 2.75) is 37.6 Å². The molecule has 3 rings (SSSR count). The lowest BCUT2D eigenvalue weighted by Crippen LogP contribution is -2.52. The minimum atomic E-state index is -0.640. The maximum atomic E-state index is 12.4. The lowest BCUT2D eigenvalue weighted by atomic mass is 9.97. The van der Waals surface area contributed by atoms with Crippen molar-refractivity contribution in [3.63, 3.8) is 0 Å². The van der Waals surface area contributed by atoms with Crippen molar-refractivity contribution in [1.29, 1.82) is 0 Å². The van der Waals surface area contributed by atoms with E-state index in [0.717, 1.165) is 62.4 Å². The predicted molar refractivity (Wildman–Crippen MR) is 113 cm³/mol. The molecule has 1 aromatic rings. The molecule has 6 nitrogen and oxygen atoms in total. The van der Waals surface area contributed by atoms with Crippen LogP contribution in [0.1, 0.15) is 32.1 Å². The van der Waals surface area contributed by atoms with Crippen molar-refractivity contribution in [3.8, 4) is 11.5 Å². The second kappa shape index (κ2) is 10.2. The predicted octanol–water partition coefficient (Wildman–Crippen LogP) is 2.76. The molecule has 0 radical (unpaired) electrons. The van der Waals surface area contributed by atoms with Crippen molar-refractivity contribution >= 4 is 36.4 Å². The second-order valence-electron chi connectivity index (χ2n) is 7.24. The molecule has 3 N–H and O–H groups in total. The first-order valence-electron chi connectivity index (χ1n) is 9.09. The summed E-state index contributed by atoms with van der Waals surface area (Å²) in [6, 6.07) is 5.92. The maximum absolute atomic E-state index is 12.4. The molecular weight excluding hydrogens is 389 g/mol. The van der Waals surface area contributed by atoms with Gasteiger partial charge in [-0.1, -0.05) is 12.8 Å². The molecule has 1 aromatic carbocycles. The Balaban J connectivity index is 0.00000182. The molecule has 1 aliphatic heterocycles. The van der Waals surface area contributed by atoms with Gasteiger partial charge in [0.15, 0.2) is 0 Å². The number of hydrogen-bond donors (Lipinski definition) is 2. The summed E-state index contributed by atoms with van der Waals surface area (Å²) in [5, 5.41) is 3.08. The number of hydrogen-bond acceptors (Lipinski definition) is 5. The van der Waals surface area contributed by atoms with Crippen molar-refractivity contribution in [3.05, 3.63) is 18.2 Å². The van der Waals surface area contributed by atoms with Gasteiger partial charge in [0, 0.05) is 43.5 Å². The van der Waals surface area contributed by atoms with Crippen LogP contribution in [0.5, 0.6) is 11.5 Å². The molecule has 1 atom stereocenters. The summed E-state index contributed by atoms with van der Waals surface area (Å²) in [4.78, 5) is 14.7. The number of carbonyl (C=O) groups excluding carboxylic acids is 1. The van der Waals surface area contributed by atoms with Gasteiger partial charge < -0.3 is 25.4 Å². The van der Waals surface area contributed by atoms with Gasteiger partial charge in [0.25, 0.3) is 0 Å². The summed E-state index contributed by atoms with van der Waals surface area (Å²) in [5.41, 5.74) is 6.67. The maximum Gasteiger partial charge on any atom is 0.240 e. The number of methoxy groups -OCH3 is 2. The summed E-state index contributed by atoms with van der Waals surface area (Å²) in [5.74, 6) is 2.03. The molecule has 1 aliphatic carbocycles. The standard InChI is InChI=1S/C19H29N3O3.2ClH/c1-24-16-9-15(10-17(11-16)25-2)22-8-5-14(13-22)12-21-18(23)19(20)6-3-4-7-19;;/h9-11,14H,3-8,12-13,20H2,1-2H3,(H,21,23);2*1H. The van der Waals surface area contributed by atoms with E-state index < -0.39 is 5.54 Å². The van der Waals surface area contributed by atoms with Crippen molar-refractivity contribution < 1.29 is 14.3 Å². The molecule has 1 saturated carbocycles. The summed E-state index contributed by atoms with van der Waals surface area (Å²) >= 11 is 0. The lowest BCUT2D eigenvalue weighted by molar-refractivity contribution is -0.126. The quantitative estimate of drug-likeness (QED) is 0.740. The number of ether oxygens (including phenoxy) is 2. The molecule has 0 spiro atoms. The monoisotopic (exact) mass is 419 g/mol. The number of nitrogens with one attached hydrogen (secondary N) is 1. The molecule has 1 saturated heterocycles. The second-order valence-corrected chi connectivity index (χ2v) is 7.24. The fourth-order valence-electron chi connectivity index (χ4n) is 3.85. The number of carbonyl (C=O) groups is 1. The fourth-order valence-corrected chi connectivity index (χ4v) is 3.85. The average Bonchev–Trinajstić information content (AvgIpc) is 3.29. The highest BCUT2D eigenvalue weighted by atomic mass is 35.5. The van der Waals surface area contributed by atoms with Crippen LogP contribution in [0, 0.1) is 5.92 Å². The minimum absolute atomic E-state index is 0. The highest BCUT2D eigenvalue weighted by molar-refractivity contribution is 5.86. The zero-order valence-electron chi connectivity index (χ0n) is 16.0. The molecule has 27 heavy (non-hydrogen) atoms. The summed E-state index contributed by atoms with van der Waals surface area (Å²) in [6.07, 6.45) is 4.77. The number of anilines is 1. The van der Waals surface area contributed by atoms with E-state index >= 15 is 0 Å². The minimum Gasteiger partial charge on any atom is -0.497 e. The van der Waals surface area contributed by atoms with Gasteiger partial charge in [0.05, 0.1) is 19.8 Å². The normalized spacial score (nSPS) is 20.4. The lowest BCUT2D eigenvalue weighted by Gasteiger charge is -2.24. The van der Waals surface area contributed by atoms with Crippen LogP contribution in [0.4, 0.5) is 5.69 Å². The zero-order chi connectivity index (χ0) is 17.9. The van der Waals surface area contributed by atoms with Gasteiger partial charge in [-0.05, 0) is 25.2 Å². The molecule has 0 aromatic heterocycles. The Kier molecular flexibility index (Phi) is 8.99. The van der Waals surface area contributed by atoms with Gasteiger partial charge in [-0.2, -0.15) is 0 Å². The van der Waals surface area contributed by atoms with E-state index in [9.17, 15) is 4.79 Å². The van der Waals surface area contributed by atoms with E-state index in [4.69, 9.17) is 15.2 Å². The van der Waals surface area contributed by atoms with Gasteiger partial charge in [0.2, 0.25) is 5.91 Å². The van der Waals surface area contributed by atoms with Crippen LogP contribution in [-0.4, -0.2) is 45.3 Å². The first-order chi connectivity index (χ1) is 12.0. The fraction of sp³-hybridized carbons (Fsp3) is 0.632. The van der Waals surface area contributed by atoms with Crippen LogP contribution in [0.15, 0.2) is 18.2 Å². The summed E-state index contributed by atoms with van der Waals surface area (Å²) in [6.45, 7) is 2.56. The topological polar surface area (TPSA) is 76.8 Å². The molecule has 2 aliphatic rings. The Morgan fingerprint density at radius 2 is 1.78 bits per heavy atom. The van der Waals surface area contributed by atoms with Crippen LogP contribution < -0.4 is 25.4 Å². The third kappa shape index (κ3) is 5.56. The number of nitrogens with two attached hydrogens (primary N) is 1. The third-order valence-electron chi connectivity index (χ3n) is 5.49. The number of amides is 1. The Morgan fingerprint density at radius 3 is 2.33 bits per heavy atom. The average molecular weight is 420 g/mol. The number of benzene rings is 1. The van der Waals surface area contributed by atoms with E-state index in [-0.39, 0.29) is 30.7 Å². The SMILES string of the molecule is COc1cc(OC)cc(N2CCC(CNC(=O)C3(N)CCCC3)C2)c1.Cl.Cl. The molecular formula is C19H31Cl2N3O3. The van der Waals surface area contributed by atoms with Crippen molar-refractivity contribution in [2.75, 3.05) is 38.8 Å². The van der Waals surface area contributed by atoms with Gasteiger partial charge >= 0.3 is 0 Å². The Labute approximate surface area is 174 Å². The van der Waals surface area contributed by atoms with E-state index in [0.29, 0.717) is 12.5 Å². The van der Waals surface area contributed by atoms with Crippen LogP contribution in [-0.2, 0) is 4.79 Å². The van der Waals surface area contributed by atoms with E-state index in [1.165, 1.54) is 0 Å². The van der Waals surface area contributed by atoms with Gasteiger partial charge in [-0.15, -0.1) is 24.8 Å². The van der Waals surface area contributed by atoms with Crippen molar-refractivity contribution in [1.82, 2.24) is 5.32 Å². The number of nitrogens with zero attached hydrogens (tertiary/aromatic N) is 1. The van der Waals surface area contributed by atoms with E-state index in [1.54, 1.807) is 14.2 Å². The van der Waals surface area contributed by atoms with Gasteiger partial charge in [-0.3, -0.25) is 4.79 Å². The highest BCUT2D eigenvalue weighted by Gasteiger charge is 2.37.